The van der Waals surface area contributed by atoms with Crippen molar-refractivity contribution in [2.45, 2.75) is 19.6 Å². The van der Waals surface area contributed by atoms with E-state index in [2.05, 4.69) is 5.32 Å². The lowest BCUT2D eigenvalue weighted by Crippen LogP contribution is -2.42. The zero-order valence-corrected chi connectivity index (χ0v) is 10.2. The number of hydrogen-bond donors (Lipinski definition) is 1. The third-order valence-corrected chi connectivity index (χ3v) is 2.70. The number of ether oxygens (including phenoxy) is 2. The maximum Gasteiger partial charge on any atom is 0.350 e. The van der Waals surface area contributed by atoms with Crippen LogP contribution in [0.15, 0.2) is 28.6 Å². The summed E-state index contributed by atoms with van der Waals surface area (Å²) in [4.78, 5) is 23.1. The quantitative estimate of drug-likeness (QED) is 0.495. The summed E-state index contributed by atoms with van der Waals surface area (Å²) in [7, 11) is 0. The average molecular weight is 253 g/mol. The highest BCUT2D eigenvalue weighted by Crippen LogP contribution is 2.22. The summed E-state index contributed by atoms with van der Waals surface area (Å²) < 4.78 is 9.88. The summed E-state index contributed by atoms with van der Waals surface area (Å²) in [6, 6.07) is 1.82. The maximum absolute atomic E-state index is 11.6. The van der Waals surface area contributed by atoms with Crippen molar-refractivity contribution in [1.29, 1.82) is 0 Å². The van der Waals surface area contributed by atoms with Gasteiger partial charge in [-0.15, -0.1) is 0 Å². The van der Waals surface area contributed by atoms with Crippen LogP contribution in [0.3, 0.4) is 0 Å². The first-order valence-electron chi connectivity index (χ1n) is 4.93. The third-order valence-electron chi connectivity index (χ3n) is 2.02. The number of nitrogens with one attached hydrogen (secondary N) is 1. The first-order chi connectivity index (χ1) is 7.98. The van der Waals surface area contributed by atoms with Crippen LogP contribution < -0.4 is 5.32 Å². The number of rotatable bonds is 2. The molecule has 90 valence electrons. The van der Waals surface area contributed by atoms with Gasteiger partial charge in [-0.1, -0.05) is 0 Å². The number of thiophene rings is 1. The number of hydrogen-bond acceptors (Lipinski definition) is 6. The van der Waals surface area contributed by atoms with Crippen molar-refractivity contribution >= 4 is 29.0 Å². The molecule has 1 fully saturated rings. The van der Waals surface area contributed by atoms with Crippen LogP contribution >= 0.6 is 11.3 Å². The van der Waals surface area contributed by atoms with E-state index in [4.69, 9.17) is 9.47 Å². The Morgan fingerprint density at radius 3 is 2.47 bits per heavy atom. The molecular formula is C11H11NO4S. The van der Waals surface area contributed by atoms with Crippen LogP contribution in [0.1, 0.15) is 13.8 Å². The Morgan fingerprint density at radius 2 is 1.94 bits per heavy atom. The monoisotopic (exact) mass is 253 g/mol. The molecule has 0 bridgehead atoms. The minimum absolute atomic E-state index is 0.143. The highest BCUT2D eigenvalue weighted by atomic mass is 32.1. The molecule has 0 radical (unpaired) electrons. The molecule has 17 heavy (non-hydrogen) atoms. The highest BCUT2D eigenvalue weighted by Gasteiger charge is 2.38. The Labute approximate surface area is 102 Å². The predicted molar refractivity (Wildman–Crippen MR) is 62.3 cm³/mol. The number of cyclic esters (lactones) is 2. The van der Waals surface area contributed by atoms with Gasteiger partial charge < -0.3 is 14.8 Å². The molecule has 0 unspecified atom stereocenters. The van der Waals surface area contributed by atoms with Gasteiger partial charge in [0, 0.05) is 31.1 Å². The fourth-order valence-electron chi connectivity index (χ4n) is 1.28. The van der Waals surface area contributed by atoms with Crippen molar-refractivity contribution < 1.29 is 19.1 Å². The molecule has 0 amide bonds. The lowest BCUT2D eigenvalue weighted by atomic mass is 10.2. The maximum atomic E-state index is 11.6. The van der Waals surface area contributed by atoms with Gasteiger partial charge in [-0.3, -0.25) is 0 Å². The van der Waals surface area contributed by atoms with Crippen molar-refractivity contribution in [3.8, 4) is 0 Å². The summed E-state index contributed by atoms with van der Waals surface area (Å²) in [5.41, 5.74) is 0.656. The molecule has 0 atom stereocenters. The smallest absolute Gasteiger partial charge is 0.350 e. The number of carbonyl (C=O) groups excluding carboxylic acids is 2. The van der Waals surface area contributed by atoms with Gasteiger partial charge in [0.2, 0.25) is 0 Å². The highest BCUT2D eigenvalue weighted by molar-refractivity contribution is 7.08. The Kier molecular flexibility index (Phi) is 2.89. The second-order valence-electron chi connectivity index (χ2n) is 3.89. The molecule has 0 aromatic carbocycles. The summed E-state index contributed by atoms with van der Waals surface area (Å²) in [6.45, 7) is 3.01. The summed E-state index contributed by atoms with van der Waals surface area (Å²) >= 11 is 1.50. The molecule has 1 N–H and O–H groups in total. The molecule has 1 aromatic rings. The lowest BCUT2D eigenvalue weighted by Gasteiger charge is -2.29. The molecule has 1 aromatic heterocycles. The summed E-state index contributed by atoms with van der Waals surface area (Å²) in [5.74, 6) is -2.57. The van der Waals surface area contributed by atoms with E-state index in [-0.39, 0.29) is 5.57 Å². The van der Waals surface area contributed by atoms with Crippen LogP contribution in [-0.2, 0) is 19.1 Å². The van der Waals surface area contributed by atoms with Gasteiger partial charge >= 0.3 is 11.9 Å². The fraction of sp³-hybridized carbons (Fsp3) is 0.273. The second-order valence-corrected chi connectivity index (χ2v) is 4.67. The lowest BCUT2D eigenvalue weighted by molar-refractivity contribution is -0.222. The van der Waals surface area contributed by atoms with Crippen LogP contribution in [0, 0.1) is 0 Å². The molecule has 0 aliphatic carbocycles. The Hall–Kier alpha value is -1.82. The minimum atomic E-state index is -1.20. The first-order valence-corrected chi connectivity index (χ1v) is 5.88. The van der Waals surface area contributed by atoms with Gasteiger partial charge in [-0.25, -0.2) is 9.59 Å². The molecule has 1 saturated heterocycles. The standard InChI is InChI=1S/C11H11NO4S/c1-11(2)15-9(13)8(10(14)16-11)5-12-7-3-4-17-6-7/h3-6,12H,1-2H3. The molecule has 2 rings (SSSR count). The van der Waals surface area contributed by atoms with E-state index in [1.807, 2.05) is 16.8 Å². The van der Waals surface area contributed by atoms with Gasteiger partial charge in [0.15, 0.2) is 5.57 Å². The molecular weight excluding hydrogens is 242 g/mol. The zero-order valence-electron chi connectivity index (χ0n) is 9.35. The van der Waals surface area contributed by atoms with Crippen LogP contribution in [-0.4, -0.2) is 17.7 Å². The Morgan fingerprint density at radius 1 is 1.29 bits per heavy atom. The minimum Gasteiger partial charge on any atom is -0.419 e. The number of esters is 2. The van der Waals surface area contributed by atoms with Gasteiger partial charge in [0.1, 0.15) is 0 Å². The van der Waals surface area contributed by atoms with E-state index in [0.29, 0.717) is 0 Å². The van der Waals surface area contributed by atoms with Crippen LogP contribution in [0.5, 0.6) is 0 Å². The molecule has 0 spiro atoms. The molecule has 0 saturated carbocycles. The van der Waals surface area contributed by atoms with Crippen LogP contribution in [0.25, 0.3) is 0 Å². The Bertz CT molecular complexity index is 454. The average Bonchev–Trinajstić information content (AvgIpc) is 2.67. The van der Waals surface area contributed by atoms with Crippen LogP contribution in [0.2, 0.25) is 0 Å². The number of carbonyl (C=O) groups is 2. The topological polar surface area (TPSA) is 64.6 Å². The van der Waals surface area contributed by atoms with E-state index >= 15 is 0 Å². The van der Waals surface area contributed by atoms with Crippen molar-refractivity contribution in [3.63, 3.8) is 0 Å². The first kappa shape index (κ1) is 11.7. The second kappa shape index (κ2) is 4.21. The normalized spacial score (nSPS) is 18.4. The van der Waals surface area contributed by atoms with E-state index < -0.39 is 17.7 Å². The van der Waals surface area contributed by atoms with E-state index in [1.165, 1.54) is 31.4 Å². The number of anilines is 1. The fourth-order valence-corrected chi connectivity index (χ4v) is 1.88. The zero-order chi connectivity index (χ0) is 12.5. The van der Waals surface area contributed by atoms with Gasteiger partial charge in [0.05, 0.1) is 0 Å². The van der Waals surface area contributed by atoms with Crippen molar-refractivity contribution in [1.82, 2.24) is 0 Å². The predicted octanol–water partition coefficient (Wildman–Crippen LogP) is 1.88. The third kappa shape index (κ3) is 2.65. The molecule has 2 heterocycles. The van der Waals surface area contributed by atoms with Crippen LogP contribution in [0.4, 0.5) is 5.69 Å². The van der Waals surface area contributed by atoms with E-state index in [1.54, 1.807) is 0 Å². The summed E-state index contributed by atoms with van der Waals surface area (Å²) in [5, 5.41) is 6.55. The van der Waals surface area contributed by atoms with Gasteiger partial charge in [0.25, 0.3) is 5.79 Å². The molecule has 1 aliphatic heterocycles. The van der Waals surface area contributed by atoms with Crippen molar-refractivity contribution in [3.05, 3.63) is 28.6 Å². The van der Waals surface area contributed by atoms with Crippen molar-refractivity contribution in [2.24, 2.45) is 0 Å². The SMILES string of the molecule is CC1(C)OC(=O)C(=CNc2ccsc2)C(=O)O1. The van der Waals surface area contributed by atoms with E-state index in [9.17, 15) is 9.59 Å². The Balaban J connectivity index is 2.13. The van der Waals surface area contributed by atoms with E-state index in [0.717, 1.165) is 5.69 Å². The molecule has 6 heteroatoms. The molecule has 5 nitrogen and oxygen atoms in total. The molecule has 1 aliphatic rings. The van der Waals surface area contributed by atoms with Crippen molar-refractivity contribution in [2.75, 3.05) is 5.32 Å². The van der Waals surface area contributed by atoms with Gasteiger partial charge in [-0.2, -0.15) is 11.3 Å². The largest absolute Gasteiger partial charge is 0.419 e. The van der Waals surface area contributed by atoms with Gasteiger partial charge in [-0.05, 0) is 11.4 Å². The summed E-state index contributed by atoms with van der Waals surface area (Å²) in [6.07, 6.45) is 1.29.